The highest BCUT2D eigenvalue weighted by Gasteiger charge is 2.22. The number of aliphatic carboxylic acids is 1. The molecule has 0 aromatic heterocycles. The van der Waals surface area contributed by atoms with Crippen LogP contribution in [0.3, 0.4) is 0 Å². The van der Waals surface area contributed by atoms with Gasteiger partial charge < -0.3 is 33.3 Å². The fourth-order valence-electron chi connectivity index (χ4n) is 10.6. The van der Waals surface area contributed by atoms with Crippen LogP contribution in [0.2, 0.25) is 0 Å². The Bertz CT molecular complexity index is 1580. The normalized spacial score (nSPS) is 13.0. The van der Waals surface area contributed by atoms with Crippen LogP contribution in [0.15, 0.2) is 60.8 Å². The fraction of sp³-hybridized carbons (Fsp3) is 0.829. The first-order chi connectivity index (χ1) is 41.6. The Balaban J connectivity index is 4.07. The van der Waals surface area contributed by atoms with Crippen LogP contribution in [-0.4, -0.2) is 82.3 Å². The van der Waals surface area contributed by atoms with Crippen LogP contribution in [0.25, 0.3) is 0 Å². The van der Waals surface area contributed by atoms with Gasteiger partial charge in [-0.3, -0.25) is 9.59 Å². The molecule has 0 radical (unpaired) electrons. The zero-order valence-electron chi connectivity index (χ0n) is 56.7. The molecule has 0 aliphatic carbocycles. The summed E-state index contributed by atoms with van der Waals surface area (Å²) < 4.78 is 22.8. The number of rotatable bonds is 68. The molecule has 0 N–H and O–H groups in total. The van der Waals surface area contributed by atoms with Crippen molar-refractivity contribution < 1.29 is 42.9 Å². The van der Waals surface area contributed by atoms with Crippen molar-refractivity contribution in [2.75, 3.05) is 47.5 Å². The molecule has 0 amide bonds. The minimum atomic E-state index is -1.62. The van der Waals surface area contributed by atoms with E-state index in [1.54, 1.807) is 0 Å². The summed E-state index contributed by atoms with van der Waals surface area (Å²) in [5, 5.41) is 11.8. The quantitative estimate of drug-likeness (QED) is 0.0195. The van der Waals surface area contributed by atoms with Crippen molar-refractivity contribution in [2.24, 2.45) is 0 Å². The molecule has 9 heteroatoms. The third kappa shape index (κ3) is 68.3. The van der Waals surface area contributed by atoms with Crippen molar-refractivity contribution >= 4 is 17.9 Å². The van der Waals surface area contributed by atoms with Crippen LogP contribution in [-0.2, 0) is 33.3 Å². The predicted octanol–water partition coefficient (Wildman–Crippen LogP) is 21.4. The van der Waals surface area contributed by atoms with E-state index in [1.807, 2.05) is 21.1 Å². The fourth-order valence-corrected chi connectivity index (χ4v) is 10.6. The molecule has 85 heavy (non-hydrogen) atoms. The molecule has 0 bridgehead atoms. The summed E-state index contributed by atoms with van der Waals surface area (Å²) in [6, 6.07) is 0. The topological polar surface area (TPSA) is 111 Å². The van der Waals surface area contributed by atoms with Crippen molar-refractivity contribution in [2.45, 2.75) is 360 Å². The molecule has 0 aromatic carbocycles. The summed E-state index contributed by atoms with van der Waals surface area (Å²) in [5.74, 6) is -2.26. The second kappa shape index (κ2) is 66.9. The first-order valence-corrected chi connectivity index (χ1v) is 36.4. The zero-order chi connectivity index (χ0) is 61.9. The number of likely N-dealkylation sites (N-methyl/N-ethyl adjacent to an activating group) is 1. The molecule has 0 heterocycles. The van der Waals surface area contributed by atoms with Gasteiger partial charge in [0.2, 0.25) is 0 Å². The monoisotopic (exact) mass is 1190 g/mol. The number of carbonyl (C=O) groups excluding carboxylic acids is 3. The van der Waals surface area contributed by atoms with Gasteiger partial charge in [0.1, 0.15) is 13.2 Å². The van der Waals surface area contributed by atoms with E-state index < -0.39 is 24.3 Å². The van der Waals surface area contributed by atoms with Gasteiger partial charge in [-0.2, -0.15) is 0 Å². The van der Waals surface area contributed by atoms with Crippen molar-refractivity contribution in [3.05, 3.63) is 60.8 Å². The summed E-state index contributed by atoms with van der Waals surface area (Å²) in [6.07, 6.45) is 84.5. The molecule has 0 saturated carbocycles. The second-order valence-corrected chi connectivity index (χ2v) is 25.9. The average molecular weight is 1190 g/mol. The zero-order valence-corrected chi connectivity index (χ0v) is 56.7. The van der Waals surface area contributed by atoms with E-state index in [0.717, 1.165) is 51.4 Å². The molecular weight excluding hydrogens is 1050 g/mol. The Morgan fingerprint density at radius 3 is 0.941 bits per heavy atom. The summed E-state index contributed by atoms with van der Waals surface area (Å²) in [4.78, 5) is 37.5. The molecule has 0 aromatic rings. The SMILES string of the molecule is CCCCCCC/C=C\C/C=C\C/C=C\CCCCCCCCCCCCCCCCCCC(=O)OC(COC(=O)CCCCCCCCCCCCCCCCCCC/C=C\C/C=C\CCCCCCC)COC(OCC[N+](C)(C)C)C(=O)[O-]. The van der Waals surface area contributed by atoms with Crippen LogP contribution in [0.5, 0.6) is 0 Å². The van der Waals surface area contributed by atoms with Gasteiger partial charge in [-0.05, 0) is 83.5 Å². The maximum atomic E-state index is 12.9. The minimum absolute atomic E-state index is 0.148. The number of unbranched alkanes of at least 4 members (excludes halogenated alkanes) is 43. The average Bonchev–Trinajstić information content (AvgIpc) is 3.49. The lowest BCUT2D eigenvalue weighted by Crippen LogP contribution is -2.44. The number of carbonyl (C=O) groups is 3. The van der Waals surface area contributed by atoms with E-state index in [9.17, 15) is 19.5 Å². The van der Waals surface area contributed by atoms with Gasteiger partial charge in [-0.15, -0.1) is 0 Å². The van der Waals surface area contributed by atoms with E-state index >= 15 is 0 Å². The number of hydrogen-bond acceptors (Lipinski definition) is 8. The molecule has 2 atom stereocenters. The standard InChI is InChI=1S/C76H139NO8/c1-6-8-10-12-14-16-18-20-22-24-26-28-30-32-34-36-37-39-41-43-45-47-49-51-53-55-57-59-61-63-65-67-74(79)85-72(71-84-76(75(80)81)82-69-68-77(3,4)5)70-83-73(78)66-64-62-60-58-56-54-52-50-48-46-44-42-40-38-35-33-31-29-27-25-23-21-19-17-15-13-11-9-7-2/h18-21,24-27,30,32,72,76H,6-17,22-23,28-29,31,33-71H2,1-5H3/b20-18-,21-19-,26-24-,27-25-,32-30-. The maximum Gasteiger partial charge on any atom is 0.306 e. The first-order valence-electron chi connectivity index (χ1n) is 36.4. The molecule has 0 saturated heterocycles. The second-order valence-electron chi connectivity index (χ2n) is 25.9. The van der Waals surface area contributed by atoms with E-state index in [2.05, 4.69) is 74.6 Å². The van der Waals surface area contributed by atoms with Crippen molar-refractivity contribution in [1.29, 1.82) is 0 Å². The van der Waals surface area contributed by atoms with Crippen LogP contribution in [0, 0.1) is 0 Å². The van der Waals surface area contributed by atoms with Gasteiger partial charge in [0.15, 0.2) is 12.4 Å². The summed E-state index contributed by atoms with van der Waals surface area (Å²) >= 11 is 0. The van der Waals surface area contributed by atoms with E-state index in [1.165, 1.54) is 263 Å². The lowest BCUT2D eigenvalue weighted by atomic mass is 10.0. The van der Waals surface area contributed by atoms with Crippen molar-refractivity contribution in [3.8, 4) is 0 Å². The molecule has 0 spiro atoms. The highest BCUT2D eigenvalue weighted by molar-refractivity contribution is 5.70. The Kier molecular flexibility index (Phi) is 64.6. The molecule has 496 valence electrons. The maximum absolute atomic E-state index is 12.9. The lowest BCUT2D eigenvalue weighted by molar-refractivity contribution is -0.870. The van der Waals surface area contributed by atoms with E-state index in [-0.39, 0.29) is 32.2 Å². The highest BCUT2D eigenvalue weighted by Crippen LogP contribution is 2.18. The van der Waals surface area contributed by atoms with Gasteiger partial charge in [0, 0.05) is 12.8 Å². The number of ether oxygens (including phenoxy) is 4. The third-order valence-electron chi connectivity index (χ3n) is 16.2. The predicted molar refractivity (Wildman–Crippen MR) is 362 cm³/mol. The molecule has 0 aliphatic rings. The number of esters is 2. The van der Waals surface area contributed by atoms with Gasteiger partial charge in [0.25, 0.3) is 0 Å². The summed E-state index contributed by atoms with van der Waals surface area (Å²) in [5.41, 5.74) is 0. The van der Waals surface area contributed by atoms with Gasteiger partial charge in [0.05, 0.1) is 40.3 Å². The van der Waals surface area contributed by atoms with E-state index in [4.69, 9.17) is 18.9 Å². The van der Waals surface area contributed by atoms with Gasteiger partial charge >= 0.3 is 11.9 Å². The first kappa shape index (κ1) is 82.0. The Morgan fingerprint density at radius 2 is 0.635 bits per heavy atom. The smallest absolute Gasteiger partial charge is 0.306 e. The summed E-state index contributed by atoms with van der Waals surface area (Å²) in [7, 11) is 5.94. The number of nitrogens with zero attached hydrogens (tertiary/aromatic N) is 1. The van der Waals surface area contributed by atoms with Crippen LogP contribution < -0.4 is 5.11 Å². The number of carboxylic acid groups (broad SMARTS) is 1. The molecule has 9 nitrogen and oxygen atoms in total. The molecule has 0 aliphatic heterocycles. The highest BCUT2D eigenvalue weighted by atomic mass is 16.7. The summed E-state index contributed by atoms with van der Waals surface area (Å²) in [6.45, 7) is 4.78. The molecule has 0 rings (SSSR count). The number of hydrogen-bond donors (Lipinski definition) is 0. The minimum Gasteiger partial charge on any atom is -0.545 e. The van der Waals surface area contributed by atoms with Gasteiger partial charge in [-0.1, -0.05) is 312 Å². The van der Waals surface area contributed by atoms with Crippen molar-refractivity contribution in [1.82, 2.24) is 0 Å². The van der Waals surface area contributed by atoms with Gasteiger partial charge in [-0.25, -0.2) is 0 Å². The molecule has 0 fully saturated rings. The van der Waals surface area contributed by atoms with Crippen molar-refractivity contribution in [3.63, 3.8) is 0 Å². The Morgan fingerprint density at radius 1 is 0.353 bits per heavy atom. The van der Waals surface area contributed by atoms with Crippen LogP contribution >= 0.6 is 0 Å². The molecule has 2 unspecified atom stereocenters. The number of quaternary nitrogens is 1. The largest absolute Gasteiger partial charge is 0.545 e. The van der Waals surface area contributed by atoms with Crippen LogP contribution in [0.4, 0.5) is 0 Å². The van der Waals surface area contributed by atoms with E-state index in [0.29, 0.717) is 23.9 Å². The Hall–Kier alpha value is -3.01. The number of carboxylic acids is 1. The lowest BCUT2D eigenvalue weighted by Gasteiger charge is -2.26. The molecular formula is C76H139NO8. The number of allylic oxidation sites excluding steroid dienone is 10. The van der Waals surface area contributed by atoms with Crippen LogP contribution in [0.1, 0.15) is 348 Å². The third-order valence-corrected chi connectivity index (χ3v) is 16.2. The Labute approximate surface area is 526 Å².